The summed E-state index contributed by atoms with van der Waals surface area (Å²) < 4.78 is 4.89. The fourth-order valence-electron chi connectivity index (χ4n) is 8.68. The monoisotopic (exact) mass is 651 g/mol. The third-order valence-electron chi connectivity index (χ3n) is 10.8. The van der Waals surface area contributed by atoms with Crippen LogP contribution in [-0.2, 0) is 0 Å². The fourth-order valence-corrected chi connectivity index (χ4v) is 8.68. The van der Waals surface area contributed by atoms with Gasteiger partial charge in [0.05, 0.1) is 11.0 Å². The van der Waals surface area contributed by atoms with Gasteiger partial charge >= 0.3 is 5.95 Å². The Morgan fingerprint density at radius 3 is 1.96 bits per heavy atom. The van der Waals surface area contributed by atoms with Gasteiger partial charge in [0.15, 0.2) is 11.4 Å². The number of hydrogen-bond donors (Lipinski definition) is 0. The molecule has 0 N–H and O–H groups in total. The Morgan fingerprint density at radius 2 is 1.22 bits per heavy atom. The lowest BCUT2D eigenvalue weighted by molar-refractivity contribution is 0.770. The second kappa shape index (κ2) is 10.9. The highest BCUT2D eigenvalue weighted by molar-refractivity contribution is 6.21. The van der Waals surface area contributed by atoms with Crippen molar-refractivity contribution in [1.82, 2.24) is 19.1 Å². The average Bonchev–Trinajstić information content (AvgIpc) is 3.73. The molecule has 0 saturated carbocycles. The van der Waals surface area contributed by atoms with Crippen LogP contribution in [-0.4, -0.2) is 20.2 Å². The topological polar surface area (TPSA) is 33.7 Å². The zero-order valence-corrected chi connectivity index (χ0v) is 27.7. The highest BCUT2D eigenvalue weighted by Gasteiger charge is 2.39. The zero-order valence-electron chi connectivity index (χ0n) is 27.7. The van der Waals surface area contributed by atoms with Gasteiger partial charge in [-0.2, -0.15) is 4.58 Å². The van der Waals surface area contributed by atoms with Gasteiger partial charge in [-0.3, -0.25) is 0 Å². The molecule has 0 radical (unpaired) electrons. The second-order valence-corrected chi connectivity index (χ2v) is 13.5. The Bertz CT molecular complexity index is 2730. The minimum absolute atomic E-state index is 0.0523. The largest absolute Gasteiger partial charge is 0.439 e. The van der Waals surface area contributed by atoms with Crippen LogP contribution >= 0.6 is 0 Å². The molecular weight excluding hydrogens is 621 g/mol. The van der Waals surface area contributed by atoms with Gasteiger partial charge in [0.25, 0.3) is 0 Å². The number of aromatic nitrogens is 3. The van der Waals surface area contributed by atoms with Crippen LogP contribution in [0.2, 0.25) is 0 Å². The summed E-state index contributed by atoms with van der Waals surface area (Å²) >= 11 is 0. The molecule has 0 amide bonds. The molecule has 2 aromatic heterocycles. The Kier molecular flexibility index (Phi) is 6.05. The summed E-state index contributed by atoms with van der Waals surface area (Å²) in [6.07, 6.45) is 8.88. The van der Waals surface area contributed by atoms with Crippen LogP contribution in [0.1, 0.15) is 28.7 Å². The second-order valence-electron chi connectivity index (χ2n) is 13.5. The lowest BCUT2D eigenvalue weighted by Crippen LogP contribution is -2.31. The molecule has 3 aliphatic rings. The molecule has 0 saturated heterocycles. The van der Waals surface area contributed by atoms with E-state index in [4.69, 9.17) is 9.97 Å². The van der Waals surface area contributed by atoms with Crippen LogP contribution < -0.4 is 4.58 Å². The van der Waals surface area contributed by atoms with Crippen molar-refractivity contribution in [1.29, 1.82) is 0 Å². The molecule has 6 aromatic carbocycles. The van der Waals surface area contributed by atoms with E-state index in [0.717, 1.165) is 33.9 Å². The van der Waals surface area contributed by atoms with Crippen molar-refractivity contribution in [3.8, 4) is 33.6 Å². The highest BCUT2D eigenvalue weighted by atomic mass is 15.2. The minimum atomic E-state index is -0.0523. The number of hydrogen-bond acceptors (Lipinski definition) is 2. The molecule has 0 bridgehead atoms. The van der Waals surface area contributed by atoms with Crippen LogP contribution in [0.25, 0.3) is 55.4 Å². The fraction of sp³-hybridized carbons (Fsp3) is 0.0426. The molecule has 2 atom stereocenters. The van der Waals surface area contributed by atoms with Gasteiger partial charge in [-0.05, 0) is 34.4 Å². The summed E-state index contributed by atoms with van der Waals surface area (Å²) in [6, 6.07) is 54.3. The molecule has 3 heterocycles. The first-order valence-corrected chi connectivity index (χ1v) is 17.6. The van der Waals surface area contributed by atoms with E-state index in [1.54, 1.807) is 0 Å². The average molecular weight is 652 g/mol. The molecule has 4 nitrogen and oxygen atoms in total. The van der Waals surface area contributed by atoms with E-state index in [1.165, 1.54) is 49.6 Å². The van der Waals surface area contributed by atoms with Crippen LogP contribution in [0.3, 0.4) is 0 Å². The Balaban J connectivity index is 1.22. The van der Waals surface area contributed by atoms with E-state index in [9.17, 15) is 0 Å². The number of rotatable bonds is 4. The van der Waals surface area contributed by atoms with E-state index in [1.807, 2.05) is 12.1 Å². The SMILES string of the molecule is C1=CC2=[N+](c3nc(-c4ccccc4)cc(-c4ccccc4)n3)c3cccc4c5ccc6c(c5n(c34)C2C=C1)-c1ccccc1C6c1ccccc1. The maximum atomic E-state index is 5.32. The molecule has 51 heavy (non-hydrogen) atoms. The van der Waals surface area contributed by atoms with Gasteiger partial charge in [0.2, 0.25) is 0 Å². The summed E-state index contributed by atoms with van der Waals surface area (Å²) in [4.78, 5) is 10.6. The van der Waals surface area contributed by atoms with E-state index in [0.29, 0.717) is 5.95 Å². The van der Waals surface area contributed by atoms with Crippen molar-refractivity contribution in [2.75, 3.05) is 0 Å². The van der Waals surface area contributed by atoms with Gasteiger partial charge in [-0.25, -0.2) is 0 Å². The highest BCUT2D eigenvalue weighted by Crippen LogP contribution is 2.54. The van der Waals surface area contributed by atoms with Gasteiger partial charge in [0.1, 0.15) is 17.4 Å². The normalized spacial score (nSPS) is 16.8. The third-order valence-corrected chi connectivity index (χ3v) is 10.8. The van der Waals surface area contributed by atoms with Gasteiger partial charge in [-0.15, -0.1) is 0 Å². The van der Waals surface area contributed by atoms with E-state index < -0.39 is 0 Å². The van der Waals surface area contributed by atoms with Gasteiger partial charge in [0, 0.05) is 39.4 Å². The van der Waals surface area contributed by atoms with Crippen molar-refractivity contribution >= 4 is 39.2 Å². The number of allylic oxidation sites excluding steroid dienone is 4. The molecule has 0 spiro atoms. The van der Waals surface area contributed by atoms with Crippen molar-refractivity contribution < 1.29 is 0 Å². The molecule has 8 aromatic rings. The van der Waals surface area contributed by atoms with Crippen molar-refractivity contribution in [2.45, 2.75) is 12.0 Å². The minimum Gasteiger partial charge on any atom is -0.323 e. The smallest absolute Gasteiger partial charge is 0.323 e. The molecule has 2 unspecified atom stereocenters. The van der Waals surface area contributed by atoms with E-state index in [-0.39, 0.29) is 12.0 Å². The summed E-state index contributed by atoms with van der Waals surface area (Å²) in [6.45, 7) is 0. The molecule has 1 aliphatic heterocycles. The maximum Gasteiger partial charge on any atom is 0.439 e. The van der Waals surface area contributed by atoms with Crippen LogP contribution in [0.4, 0.5) is 11.6 Å². The number of fused-ring (bicyclic) bond motifs is 9. The standard InChI is InChI=1S/C47H31N4/c1-4-15-30(16-5-1)38-29-39(31-17-6-2-7-18-31)49-47(48-38)50-40-24-12-13-25-41(40)51-45-35(23-14-26-42(45)50)36-27-28-37-43(32-19-8-3-9-20-32)33-21-10-11-22-34(33)44(37)46(36)51/h1-29,41,43H/q+1. The first kappa shape index (κ1) is 28.2. The summed E-state index contributed by atoms with van der Waals surface area (Å²) in [7, 11) is 0. The Morgan fingerprint density at radius 1 is 0.549 bits per heavy atom. The van der Waals surface area contributed by atoms with Crippen molar-refractivity contribution in [3.05, 3.63) is 193 Å². The molecule has 238 valence electrons. The van der Waals surface area contributed by atoms with Gasteiger partial charge in [-0.1, -0.05) is 168 Å². The first-order valence-electron chi connectivity index (χ1n) is 17.6. The van der Waals surface area contributed by atoms with Crippen LogP contribution in [0, 0.1) is 0 Å². The van der Waals surface area contributed by atoms with Crippen LogP contribution in [0.5, 0.6) is 0 Å². The first-order chi connectivity index (χ1) is 25.3. The third kappa shape index (κ3) is 4.11. The van der Waals surface area contributed by atoms with Crippen molar-refractivity contribution in [3.63, 3.8) is 0 Å². The van der Waals surface area contributed by atoms with Gasteiger partial charge < -0.3 is 4.57 Å². The predicted octanol–water partition coefficient (Wildman–Crippen LogP) is 11.0. The zero-order chi connectivity index (χ0) is 33.5. The molecule has 4 heteroatoms. The van der Waals surface area contributed by atoms with Crippen LogP contribution in [0.15, 0.2) is 176 Å². The van der Waals surface area contributed by atoms with Crippen molar-refractivity contribution in [2.24, 2.45) is 0 Å². The Hall–Kier alpha value is -6.65. The van der Waals surface area contributed by atoms with E-state index in [2.05, 4.69) is 173 Å². The number of nitrogens with zero attached hydrogens (tertiary/aromatic N) is 4. The summed E-state index contributed by atoms with van der Waals surface area (Å²) in [5.74, 6) is 0.849. The van der Waals surface area contributed by atoms with E-state index >= 15 is 0 Å². The molecule has 11 rings (SSSR count). The number of benzene rings is 6. The molecular formula is C47H31N4+. The lowest BCUT2D eigenvalue weighted by atomic mass is 9.89. The maximum absolute atomic E-state index is 5.32. The molecule has 2 aliphatic carbocycles. The quantitative estimate of drug-likeness (QED) is 0.178. The summed E-state index contributed by atoms with van der Waals surface area (Å²) in [5.41, 5.74) is 15.3. The Labute approximate surface area is 295 Å². The predicted molar refractivity (Wildman–Crippen MR) is 209 cm³/mol. The summed E-state index contributed by atoms with van der Waals surface area (Å²) in [5, 5.41) is 2.50. The number of para-hydroxylation sites is 1. The molecule has 0 fully saturated rings. The lowest BCUT2D eigenvalue weighted by Gasteiger charge is -2.28.